The molecule has 92 valence electrons. The zero-order chi connectivity index (χ0) is 12.3. The third-order valence-electron chi connectivity index (χ3n) is 3.11. The van der Waals surface area contributed by atoms with Gasteiger partial charge in [-0.15, -0.1) is 0 Å². The first-order valence-corrected chi connectivity index (χ1v) is 6.69. The number of imidazole rings is 1. The molecule has 0 aliphatic rings. The average Bonchev–Trinajstić information content (AvgIpc) is 2.63. The second kappa shape index (κ2) is 5.45. The maximum Gasteiger partial charge on any atom is 0.179 e. The van der Waals surface area contributed by atoms with E-state index in [-0.39, 0.29) is 0 Å². The molecular formula is C13H19N3S. The van der Waals surface area contributed by atoms with Gasteiger partial charge in [0.15, 0.2) is 10.4 Å². The Morgan fingerprint density at radius 3 is 2.94 bits per heavy atom. The van der Waals surface area contributed by atoms with Crippen LogP contribution in [0.1, 0.15) is 38.2 Å². The van der Waals surface area contributed by atoms with Gasteiger partial charge in [0.2, 0.25) is 0 Å². The Morgan fingerprint density at radius 1 is 1.35 bits per heavy atom. The van der Waals surface area contributed by atoms with Crippen molar-refractivity contribution in [2.24, 2.45) is 0 Å². The SMILES string of the molecule is CCCCCCn1c(=S)[nH]c2c(C)ccnc21. The fourth-order valence-corrected chi connectivity index (χ4v) is 2.36. The van der Waals surface area contributed by atoms with E-state index in [9.17, 15) is 0 Å². The number of unbranched alkanes of at least 4 members (excludes halogenated alkanes) is 3. The molecule has 0 saturated heterocycles. The van der Waals surface area contributed by atoms with Crippen LogP contribution >= 0.6 is 12.2 Å². The third-order valence-corrected chi connectivity index (χ3v) is 3.43. The van der Waals surface area contributed by atoms with Crippen LogP contribution < -0.4 is 0 Å². The lowest BCUT2D eigenvalue weighted by atomic mass is 10.2. The molecule has 0 aliphatic carbocycles. The van der Waals surface area contributed by atoms with Gasteiger partial charge in [-0.2, -0.15) is 0 Å². The topological polar surface area (TPSA) is 33.6 Å². The molecule has 0 radical (unpaired) electrons. The van der Waals surface area contributed by atoms with Crippen molar-refractivity contribution in [1.82, 2.24) is 14.5 Å². The van der Waals surface area contributed by atoms with Crippen molar-refractivity contribution in [3.63, 3.8) is 0 Å². The van der Waals surface area contributed by atoms with Crippen molar-refractivity contribution in [3.05, 3.63) is 22.6 Å². The number of nitrogens with zero attached hydrogens (tertiary/aromatic N) is 2. The van der Waals surface area contributed by atoms with Crippen molar-refractivity contribution in [2.45, 2.75) is 46.1 Å². The molecule has 1 N–H and O–H groups in total. The molecule has 0 aromatic carbocycles. The Balaban J connectivity index is 2.25. The summed E-state index contributed by atoms with van der Waals surface area (Å²) in [4.78, 5) is 7.68. The van der Waals surface area contributed by atoms with E-state index in [2.05, 4.69) is 28.4 Å². The Kier molecular flexibility index (Phi) is 3.94. The molecule has 17 heavy (non-hydrogen) atoms. The van der Waals surface area contributed by atoms with Crippen LogP contribution in [-0.4, -0.2) is 14.5 Å². The Bertz CT molecular complexity index is 553. The number of pyridine rings is 1. The van der Waals surface area contributed by atoms with Crippen LogP contribution in [0.25, 0.3) is 11.2 Å². The molecule has 0 amide bonds. The summed E-state index contributed by atoms with van der Waals surface area (Å²) in [7, 11) is 0. The predicted octanol–water partition coefficient (Wildman–Crippen LogP) is 3.98. The van der Waals surface area contributed by atoms with Gasteiger partial charge in [-0.3, -0.25) is 0 Å². The fraction of sp³-hybridized carbons (Fsp3) is 0.538. The largest absolute Gasteiger partial charge is 0.329 e. The highest BCUT2D eigenvalue weighted by molar-refractivity contribution is 7.71. The van der Waals surface area contributed by atoms with Crippen LogP contribution in [-0.2, 0) is 6.54 Å². The second-order valence-corrected chi connectivity index (χ2v) is 4.86. The van der Waals surface area contributed by atoms with E-state index in [4.69, 9.17) is 12.2 Å². The normalized spacial score (nSPS) is 11.2. The van der Waals surface area contributed by atoms with E-state index in [1.165, 1.54) is 31.2 Å². The van der Waals surface area contributed by atoms with Crippen LogP contribution in [0, 0.1) is 11.7 Å². The maximum absolute atomic E-state index is 5.36. The van der Waals surface area contributed by atoms with Crippen LogP contribution in [0.4, 0.5) is 0 Å². The van der Waals surface area contributed by atoms with Crippen molar-refractivity contribution < 1.29 is 0 Å². The van der Waals surface area contributed by atoms with E-state index in [0.29, 0.717) is 0 Å². The van der Waals surface area contributed by atoms with Crippen LogP contribution in [0.15, 0.2) is 12.3 Å². The summed E-state index contributed by atoms with van der Waals surface area (Å²) < 4.78 is 2.91. The van der Waals surface area contributed by atoms with Crippen LogP contribution in [0.3, 0.4) is 0 Å². The summed E-state index contributed by atoms with van der Waals surface area (Å²) in [5, 5.41) is 0. The number of aryl methyl sites for hydroxylation is 2. The maximum atomic E-state index is 5.36. The monoisotopic (exact) mass is 249 g/mol. The molecule has 4 heteroatoms. The minimum atomic E-state index is 0.790. The van der Waals surface area contributed by atoms with E-state index in [0.717, 1.165) is 22.5 Å². The fourth-order valence-electron chi connectivity index (χ4n) is 2.08. The van der Waals surface area contributed by atoms with Crippen molar-refractivity contribution >= 4 is 23.4 Å². The lowest BCUT2D eigenvalue weighted by Gasteiger charge is -2.03. The molecule has 0 spiro atoms. The summed E-state index contributed by atoms with van der Waals surface area (Å²) in [5.41, 5.74) is 3.27. The first kappa shape index (κ1) is 12.3. The summed E-state index contributed by atoms with van der Waals surface area (Å²) in [5.74, 6) is 0. The van der Waals surface area contributed by atoms with Gasteiger partial charge in [-0.25, -0.2) is 4.98 Å². The Morgan fingerprint density at radius 2 is 2.18 bits per heavy atom. The minimum Gasteiger partial charge on any atom is -0.329 e. The molecule has 0 bridgehead atoms. The molecule has 0 aliphatic heterocycles. The number of nitrogens with one attached hydrogen (secondary N) is 1. The number of hydrogen-bond acceptors (Lipinski definition) is 2. The van der Waals surface area contributed by atoms with E-state index in [1.54, 1.807) is 0 Å². The molecule has 2 rings (SSSR count). The molecular weight excluding hydrogens is 230 g/mol. The van der Waals surface area contributed by atoms with Crippen molar-refractivity contribution in [1.29, 1.82) is 0 Å². The lowest BCUT2D eigenvalue weighted by Crippen LogP contribution is -1.99. The van der Waals surface area contributed by atoms with Gasteiger partial charge in [-0.05, 0) is 37.2 Å². The van der Waals surface area contributed by atoms with Gasteiger partial charge in [0, 0.05) is 12.7 Å². The average molecular weight is 249 g/mol. The lowest BCUT2D eigenvalue weighted by molar-refractivity contribution is 0.585. The summed E-state index contributed by atoms with van der Waals surface area (Å²) >= 11 is 5.36. The number of rotatable bonds is 5. The highest BCUT2D eigenvalue weighted by Crippen LogP contribution is 2.16. The number of fused-ring (bicyclic) bond motifs is 1. The van der Waals surface area contributed by atoms with E-state index >= 15 is 0 Å². The number of H-pyrrole nitrogens is 1. The van der Waals surface area contributed by atoms with E-state index in [1.807, 2.05) is 12.3 Å². The number of aromatic amines is 1. The molecule has 2 aromatic heterocycles. The smallest absolute Gasteiger partial charge is 0.179 e. The molecule has 3 nitrogen and oxygen atoms in total. The summed E-state index contributed by atoms with van der Waals surface area (Å²) in [6, 6.07) is 2.01. The predicted molar refractivity (Wildman–Crippen MR) is 73.8 cm³/mol. The van der Waals surface area contributed by atoms with Crippen molar-refractivity contribution in [3.8, 4) is 0 Å². The Hall–Kier alpha value is -1.16. The molecule has 2 heterocycles. The van der Waals surface area contributed by atoms with Gasteiger partial charge in [-0.1, -0.05) is 26.2 Å². The number of hydrogen-bond donors (Lipinski definition) is 1. The van der Waals surface area contributed by atoms with Gasteiger partial charge >= 0.3 is 0 Å². The first-order chi connectivity index (χ1) is 8.24. The first-order valence-electron chi connectivity index (χ1n) is 6.28. The van der Waals surface area contributed by atoms with Crippen molar-refractivity contribution in [2.75, 3.05) is 0 Å². The van der Waals surface area contributed by atoms with Gasteiger partial charge < -0.3 is 9.55 Å². The molecule has 0 saturated carbocycles. The van der Waals surface area contributed by atoms with Gasteiger partial charge in [0.05, 0.1) is 5.52 Å². The molecule has 2 aromatic rings. The molecule has 0 atom stereocenters. The summed E-state index contributed by atoms with van der Waals surface area (Å²) in [6.07, 6.45) is 6.84. The minimum absolute atomic E-state index is 0.790. The zero-order valence-corrected chi connectivity index (χ0v) is 11.3. The van der Waals surface area contributed by atoms with Crippen LogP contribution in [0.5, 0.6) is 0 Å². The highest BCUT2D eigenvalue weighted by Gasteiger charge is 2.06. The quantitative estimate of drug-likeness (QED) is 0.642. The second-order valence-electron chi connectivity index (χ2n) is 4.47. The zero-order valence-electron chi connectivity index (χ0n) is 10.5. The summed E-state index contributed by atoms with van der Waals surface area (Å²) in [6.45, 7) is 5.27. The van der Waals surface area contributed by atoms with Crippen LogP contribution in [0.2, 0.25) is 0 Å². The molecule has 0 fully saturated rings. The number of aromatic nitrogens is 3. The Labute approximate surface area is 107 Å². The van der Waals surface area contributed by atoms with Gasteiger partial charge in [0.1, 0.15) is 0 Å². The standard InChI is InChI=1S/C13H19N3S/c1-3-4-5-6-9-16-12-11(15-13(16)17)10(2)7-8-14-12/h7-8H,3-6,9H2,1-2H3,(H,15,17). The highest BCUT2D eigenvalue weighted by atomic mass is 32.1. The third kappa shape index (κ3) is 2.57. The van der Waals surface area contributed by atoms with Gasteiger partial charge in [0.25, 0.3) is 0 Å². The molecule has 0 unspecified atom stereocenters. The van der Waals surface area contributed by atoms with E-state index < -0.39 is 0 Å².